The molecule has 0 N–H and O–H groups in total. The largest absolute Gasteiger partial charge is 0.208 e. The average Bonchev–Trinajstić information content (AvgIpc) is 3.57. The molecule has 0 aliphatic rings. The van der Waals surface area contributed by atoms with Crippen molar-refractivity contribution in [2.75, 3.05) is 0 Å². The highest BCUT2D eigenvalue weighted by Crippen LogP contribution is 2.37. The Kier molecular flexibility index (Phi) is 7.02. The molecule has 0 atom stereocenters. The van der Waals surface area contributed by atoms with E-state index in [2.05, 4.69) is 140 Å². The van der Waals surface area contributed by atoms with E-state index in [4.69, 9.17) is 15.0 Å². The Balaban J connectivity index is 1.29. The van der Waals surface area contributed by atoms with Crippen LogP contribution in [-0.2, 0) is 0 Å². The van der Waals surface area contributed by atoms with Crippen LogP contribution in [0.4, 0.5) is 0 Å². The van der Waals surface area contributed by atoms with Gasteiger partial charge in [0, 0.05) is 26.3 Å². The summed E-state index contributed by atoms with van der Waals surface area (Å²) in [5, 5.41) is 1.27. The minimum atomic E-state index is 0.642. The first-order valence-corrected chi connectivity index (χ1v) is 15.8. The van der Waals surface area contributed by atoms with E-state index in [1.165, 1.54) is 20.5 Å². The number of fused-ring (bicyclic) bond motifs is 1. The molecule has 0 aliphatic carbocycles. The lowest BCUT2D eigenvalue weighted by molar-refractivity contribution is 1.07. The molecule has 2 aromatic heterocycles. The van der Waals surface area contributed by atoms with Gasteiger partial charge >= 0.3 is 0 Å². The van der Waals surface area contributed by atoms with Crippen molar-refractivity contribution in [1.29, 1.82) is 0 Å². The lowest BCUT2D eigenvalue weighted by Crippen LogP contribution is -2.02. The van der Waals surface area contributed by atoms with Crippen molar-refractivity contribution >= 4 is 21.4 Å². The predicted octanol–water partition coefficient (Wildman–Crippen LogP) is 11.1. The first-order valence-electron chi connectivity index (χ1n) is 15.0. The van der Waals surface area contributed by atoms with Gasteiger partial charge in [-0.05, 0) is 45.3 Å². The number of rotatable bonds is 6. The molecular weight excluding hydrogens is 567 g/mol. The summed E-state index contributed by atoms with van der Waals surface area (Å²) < 4.78 is 1.29. The van der Waals surface area contributed by atoms with Gasteiger partial charge in [0.15, 0.2) is 17.5 Å². The van der Waals surface area contributed by atoms with Crippen LogP contribution in [-0.4, -0.2) is 15.0 Å². The van der Waals surface area contributed by atoms with Gasteiger partial charge in [-0.2, -0.15) is 0 Å². The van der Waals surface area contributed by atoms with Crippen molar-refractivity contribution in [1.82, 2.24) is 15.0 Å². The van der Waals surface area contributed by atoms with Crippen LogP contribution in [0.25, 0.3) is 76.9 Å². The molecule has 2 heterocycles. The monoisotopic (exact) mass is 593 g/mol. The van der Waals surface area contributed by atoms with Crippen LogP contribution in [0.5, 0.6) is 0 Å². The molecule has 8 aromatic rings. The molecule has 0 saturated carbocycles. The number of hydrogen-bond acceptors (Lipinski definition) is 4. The molecule has 3 nitrogen and oxygen atoms in total. The summed E-state index contributed by atoms with van der Waals surface area (Å²) in [7, 11) is 0. The Labute approximate surface area is 266 Å². The molecule has 0 amide bonds. The highest BCUT2D eigenvalue weighted by molar-refractivity contribution is 7.22. The fourth-order valence-corrected chi connectivity index (χ4v) is 6.82. The average molecular weight is 594 g/mol. The number of aromatic nitrogens is 3. The molecule has 4 heteroatoms. The Morgan fingerprint density at radius 3 is 1.33 bits per heavy atom. The van der Waals surface area contributed by atoms with Crippen LogP contribution < -0.4 is 0 Å². The van der Waals surface area contributed by atoms with Gasteiger partial charge in [-0.1, -0.05) is 152 Å². The van der Waals surface area contributed by atoms with Gasteiger partial charge in [0.1, 0.15) is 0 Å². The standard InChI is InChI=1S/C41H27N3S/c1-3-13-28(14-4-1)33-18-8-10-20-35(33)40-42-39(31-25-23-30(24-26-31)38-27-32-17-7-12-22-37(32)45-38)43-41(44-40)36-21-11-9-19-34(36)29-15-5-2-6-16-29/h1-27H. The van der Waals surface area contributed by atoms with Crippen molar-refractivity contribution in [2.45, 2.75) is 0 Å². The molecule has 0 saturated heterocycles. The third-order valence-corrected chi connectivity index (χ3v) is 9.16. The summed E-state index contributed by atoms with van der Waals surface area (Å²) in [4.78, 5) is 16.6. The predicted molar refractivity (Wildman–Crippen MR) is 188 cm³/mol. The van der Waals surface area contributed by atoms with Gasteiger partial charge in [0.05, 0.1) is 0 Å². The van der Waals surface area contributed by atoms with Crippen molar-refractivity contribution in [3.05, 3.63) is 164 Å². The second-order valence-corrected chi connectivity index (χ2v) is 11.9. The van der Waals surface area contributed by atoms with Crippen molar-refractivity contribution in [3.63, 3.8) is 0 Å². The molecule has 8 rings (SSSR count). The minimum Gasteiger partial charge on any atom is -0.208 e. The quantitative estimate of drug-likeness (QED) is 0.192. The normalized spacial score (nSPS) is 11.1. The molecule has 45 heavy (non-hydrogen) atoms. The van der Waals surface area contributed by atoms with Gasteiger partial charge in [-0.25, -0.2) is 15.0 Å². The van der Waals surface area contributed by atoms with Gasteiger partial charge in [0.25, 0.3) is 0 Å². The Hall–Kier alpha value is -5.71. The number of thiophene rings is 1. The maximum Gasteiger partial charge on any atom is 0.164 e. The smallest absolute Gasteiger partial charge is 0.164 e. The molecule has 0 spiro atoms. The molecule has 0 bridgehead atoms. The second-order valence-electron chi connectivity index (χ2n) is 10.9. The zero-order valence-electron chi connectivity index (χ0n) is 24.3. The molecule has 0 fully saturated rings. The summed E-state index contributed by atoms with van der Waals surface area (Å²) in [5.74, 6) is 1.93. The lowest BCUT2D eigenvalue weighted by Gasteiger charge is -2.14. The SMILES string of the molecule is c1ccc(-c2ccccc2-c2nc(-c3ccc(-c4cc5ccccc5s4)cc3)nc(-c3ccccc3-c3ccccc3)n2)cc1. The Morgan fingerprint density at radius 2 is 0.778 bits per heavy atom. The van der Waals surface area contributed by atoms with E-state index < -0.39 is 0 Å². The highest BCUT2D eigenvalue weighted by Gasteiger charge is 2.18. The number of nitrogens with zero attached hydrogens (tertiary/aromatic N) is 3. The second kappa shape index (κ2) is 11.8. The first-order chi connectivity index (χ1) is 22.3. The lowest BCUT2D eigenvalue weighted by atomic mass is 9.98. The van der Waals surface area contributed by atoms with E-state index >= 15 is 0 Å². The molecular formula is C41H27N3S. The van der Waals surface area contributed by atoms with Gasteiger partial charge in [-0.3, -0.25) is 0 Å². The Bertz CT molecular complexity index is 2120. The molecule has 6 aromatic carbocycles. The van der Waals surface area contributed by atoms with Crippen LogP contribution in [0.2, 0.25) is 0 Å². The van der Waals surface area contributed by atoms with E-state index in [0.29, 0.717) is 17.5 Å². The van der Waals surface area contributed by atoms with E-state index in [-0.39, 0.29) is 0 Å². The van der Waals surface area contributed by atoms with Gasteiger partial charge < -0.3 is 0 Å². The maximum atomic E-state index is 5.14. The highest BCUT2D eigenvalue weighted by atomic mass is 32.1. The van der Waals surface area contributed by atoms with E-state index in [1.807, 2.05) is 35.6 Å². The molecule has 212 valence electrons. The van der Waals surface area contributed by atoms with Crippen LogP contribution >= 0.6 is 11.3 Å². The fourth-order valence-electron chi connectivity index (χ4n) is 5.75. The number of hydrogen-bond donors (Lipinski definition) is 0. The van der Waals surface area contributed by atoms with E-state index in [0.717, 1.165) is 38.9 Å². The van der Waals surface area contributed by atoms with Crippen molar-refractivity contribution in [3.8, 4) is 66.9 Å². The summed E-state index contributed by atoms with van der Waals surface area (Å²) in [6, 6.07) is 56.8. The van der Waals surface area contributed by atoms with Gasteiger partial charge in [-0.15, -0.1) is 11.3 Å². The zero-order chi connectivity index (χ0) is 30.0. The van der Waals surface area contributed by atoms with Crippen molar-refractivity contribution in [2.24, 2.45) is 0 Å². The molecule has 0 aliphatic heterocycles. The Morgan fingerprint density at radius 1 is 0.333 bits per heavy atom. The van der Waals surface area contributed by atoms with Crippen LogP contribution in [0.1, 0.15) is 0 Å². The first kappa shape index (κ1) is 26.9. The third kappa shape index (κ3) is 5.33. The van der Waals surface area contributed by atoms with E-state index in [1.54, 1.807) is 0 Å². The maximum absolute atomic E-state index is 5.14. The third-order valence-electron chi connectivity index (χ3n) is 7.99. The van der Waals surface area contributed by atoms with Gasteiger partial charge in [0.2, 0.25) is 0 Å². The van der Waals surface area contributed by atoms with Crippen molar-refractivity contribution < 1.29 is 0 Å². The van der Waals surface area contributed by atoms with E-state index in [9.17, 15) is 0 Å². The molecule has 0 radical (unpaired) electrons. The topological polar surface area (TPSA) is 38.7 Å². The van der Waals surface area contributed by atoms with Crippen LogP contribution in [0, 0.1) is 0 Å². The fraction of sp³-hybridized carbons (Fsp3) is 0. The minimum absolute atomic E-state index is 0.642. The zero-order valence-corrected chi connectivity index (χ0v) is 25.2. The molecule has 0 unspecified atom stereocenters. The van der Waals surface area contributed by atoms with Crippen LogP contribution in [0.15, 0.2) is 164 Å². The summed E-state index contributed by atoms with van der Waals surface area (Å²) in [6.07, 6.45) is 0. The summed E-state index contributed by atoms with van der Waals surface area (Å²) in [5.41, 5.74) is 8.45. The van der Waals surface area contributed by atoms with Crippen LogP contribution in [0.3, 0.4) is 0 Å². The summed E-state index contributed by atoms with van der Waals surface area (Å²) >= 11 is 1.81. The number of benzene rings is 6. The summed E-state index contributed by atoms with van der Waals surface area (Å²) in [6.45, 7) is 0.